The van der Waals surface area contributed by atoms with Crippen LogP contribution >= 0.6 is 0 Å². The van der Waals surface area contributed by atoms with Crippen molar-refractivity contribution in [3.05, 3.63) is 35.6 Å². The van der Waals surface area contributed by atoms with Crippen molar-refractivity contribution < 1.29 is 0 Å². The summed E-state index contributed by atoms with van der Waals surface area (Å²) in [4.78, 5) is 0. The van der Waals surface area contributed by atoms with Gasteiger partial charge in [-0.25, -0.2) is 0 Å². The lowest BCUT2D eigenvalue weighted by Gasteiger charge is -2.15. The van der Waals surface area contributed by atoms with Crippen LogP contribution in [0.15, 0.2) is 35.6 Å². The Hall–Kier alpha value is -0.980. The summed E-state index contributed by atoms with van der Waals surface area (Å²) in [5.41, 5.74) is 2.84. The monoisotopic (exact) mass is 133 g/mol. The molecule has 1 atom stereocenters. The van der Waals surface area contributed by atoms with E-state index < -0.39 is 0 Å². The Balaban J connectivity index is 2.32. The fraction of sp³-hybridized carbons (Fsp3) is 0.333. The van der Waals surface area contributed by atoms with E-state index >= 15 is 0 Å². The van der Waals surface area contributed by atoms with Crippen molar-refractivity contribution in [2.75, 3.05) is 0 Å². The number of rotatable bonds is 0. The zero-order valence-corrected chi connectivity index (χ0v) is 6.09. The van der Waals surface area contributed by atoms with E-state index in [0.717, 1.165) is 6.42 Å². The van der Waals surface area contributed by atoms with Gasteiger partial charge in [0.2, 0.25) is 0 Å². The number of dihydropyridines is 1. The van der Waals surface area contributed by atoms with Crippen LogP contribution in [0.25, 0.3) is 0 Å². The topological polar surface area (TPSA) is 12.0 Å². The number of hydrogen-bond acceptors (Lipinski definition) is 1. The lowest BCUT2D eigenvalue weighted by Crippen LogP contribution is -2.21. The van der Waals surface area contributed by atoms with Crippen LogP contribution in [0.5, 0.6) is 0 Å². The average molecular weight is 133 g/mol. The first kappa shape index (κ1) is 5.78. The molecule has 0 fully saturated rings. The second kappa shape index (κ2) is 2.01. The molecule has 0 aromatic heterocycles. The summed E-state index contributed by atoms with van der Waals surface area (Å²) in [6.45, 7) is 2.17. The van der Waals surface area contributed by atoms with Gasteiger partial charge in [0.25, 0.3) is 0 Å². The molecule has 1 aliphatic carbocycles. The van der Waals surface area contributed by atoms with Crippen molar-refractivity contribution in [3.8, 4) is 0 Å². The molecule has 52 valence electrons. The van der Waals surface area contributed by atoms with E-state index in [0.29, 0.717) is 6.04 Å². The Kier molecular flexibility index (Phi) is 1.16. The summed E-state index contributed by atoms with van der Waals surface area (Å²) in [6.07, 6.45) is 9.89. The van der Waals surface area contributed by atoms with Gasteiger partial charge in [0.15, 0.2) is 0 Å². The Labute approximate surface area is 61.1 Å². The minimum atomic E-state index is 0.513. The third kappa shape index (κ3) is 0.783. The van der Waals surface area contributed by atoms with Crippen LogP contribution in [0.1, 0.15) is 13.3 Å². The average Bonchev–Trinajstić information content (AvgIpc) is 2.33. The first-order chi connectivity index (χ1) is 4.86. The SMILES string of the molecule is CC1C=C2CC=CC2=CN1. The van der Waals surface area contributed by atoms with E-state index in [2.05, 4.69) is 36.7 Å². The molecule has 1 heterocycles. The lowest BCUT2D eigenvalue weighted by atomic mass is 10.0. The van der Waals surface area contributed by atoms with Crippen molar-refractivity contribution >= 4 is 0 Å². The highest BCUT2D eigenvalue weighted by Gasteiger charge is 2.12. The van der Waals surface area contributed by atoms with Gasteiger partial charge in [-0.2, -0.15) is 0 Å². The zero-order chi connectivity index (χ0) is 6.97. The van der Waals surface area contributed by atoms with Crippen molar-refractivity contribution in [3.63, 3.8) is 0 Å². The van der Waals surface area contributed by atoms with E-state index in [9.17, 15) is 0 Å². The second-order valence-corrected chi connectivity index (χ2v) is 2.85. The maximum atomic E-state index is 3.26. The molecule has 0 saturated heterocycles. The molecule has 0 bridgehead atoms. The number of hydrogen-bond donors (Lipinski definition) is 1. The standard InChI is InChI=1S/C9H11N/c1-7-5-8-3-2-4-9(8)6-10-7/h2,4-7,10H,3H2,1H3. The Morgan fingerprint density at radius 1 is 1.60 bits per heavy atom. The van der Waals surface area contributed by atoms with Gasteiger partial charge in [-0.3, -0.25) is 0 Å². The first-order valence-electron chi connectivity index (χ1n) is 3.70. The molecule has 1 nitrogen and oxygen atoms in total. The second-order valence-electron chi connectivity index (χ2n) is 2.85. The van der Waals surface area contributed by atoms with Crippen molar-refractivity contribution in [2.24, 2.45) is 0 Å². The van der Waals surface area contributed by atoms with E-state index in [1.807, 2.05) is 0 Å². The maximum Gasteiger partial charge on any atom is 0.0416 e. The van der Waals surface area contributed by atoms with Crippen molar-refractivity contribution in [1.82, 2.24) is 5.32 Å². The molecular weight excluding hydrogens is 122 g/mol. The predicted molar refractivity (Wildman–Crippen MR) is 42.5 cm³/mol. The van der Waals surface area contributed by atoms with Crippen LogP contribution in [0.4, 0.5) is 0 Å². The number of allylic oxidation sites excluding steroid dienone is 4. The zero-order valence-electron chi connectivity index (χ0n) is 6.09. The van der Waals surface area contributed by atoms with Gasteiger partial charge in [-0.05, 0) is 24.5 Å². The highest BCUT2D eigenvalue weighted by molar-refractivity contribution is 5.48. The third-order valence-electron chi connectivity index (χ3n) is 1.96. The van der Waals surface area contributed by atoms with E-state index in [4.69, 9.17) is 0 Å². The minimum Gasteiger partial charge on any atom is -0.384 e. The van der Waals surface area contributed by atoms with Crippen LogP contribution in [-0.2, 0) is 0 Å². The molecule has 1 heteroatoms. The van der Waals surface area contributed by atoms with Gasteiger partial charge in [0.05, 0.1) is 0 Å². The van der Waals surface area contributed by atoms with Gasteiger partial charge in [-0.1, -0.05) is 18.2 Å². The summed E-state index contributed by atoms with van der Waals surface area (Å²) in [6, 6.07) is 0.513. The normalized spacial score (nSPS) is 28.7. The van der Waals surface area contributed by atoms with Crippen LogP contribution in [0, 0.1) is 0 Å². The number of nitrogens with one attached hydrogen (secondary N) is 1. The molecule has 1 aliphatic heterocycles. The molecule has 0 amide bonds. The first-order valence-corrected chi connectivity index (χ1v) is 3.70. The Bertz CT molecular complexity index is 233. The molecule has 0 aromatic carbocycles. The highest BCUT2D eigenvalue weighted by atomic mass is 14.9. The molecule has 1 N–H and O–H groups in total. The van der Waals surface area contributed by atoms with Crippen LogP contribution in [-0.4, -0.2) is 6.04 Å². The number of fused-ring (bicyclic) bond motifs is 1. The Morgan fingerprint density at radius 2 is 2.50 bits per heavy atom. The molecule has 10 heavy (non-hydrogen) atoms. The molecule has 2 rings (SSSR count). The smallest absolute Gasteiger partial charge is 0.0416 e. The van der Waals surface area contributed by atoms with Crippen LogP contribution in [0.3, 0.4) is 0 Å². The molecule has 1 unspecified atom stereocenters. The fourth-order valence-corrected chi connectivity index (χ4v) is 1.41. The molecule has 0 spiro atoms. The Morgan fingerprint density at radius 3 is 3.40 bits per heavy atom. The van der Waals surface area contributed by atoms with E-state index in [1.165, 1.54) is 11.1 Å². The van der Waals surface area contributed by atoms with E-state index in [1.54, 1.807) is 0 Å². The summed E-state index contributed by atoms with van der Waals surface area (Å²) >= 11 is 0. The van der Waals surface area contributed by atoms with Crippen molar-refractivity contribution in [1.29, 1.82) is 0 Å². The minimum absolute atomic E-state index is 0.513. The summed E-state index contributed by atoms with van der Waals surface area (Å²) in [7, 11) is 0. The molecule has 0 aromatic rings. The van der Waals surface area contributed by atoms with Gasteiger partial charge in [0, 0.05) is 12.2 Å². The lowest BCUT2D eigenvalue weighted by molar-refractivity contribution is 0.747. The van der Waals surface area contributed by atoms with Gasteiger partial charge in [0.1, 0.15) is 0 Å². The van der Waals surface area contributed by atoms with Crippen LogP contribution < -0.4 is 5.32 Å². The third-order valence-corrected chi connectivity index (χ3v) is 1.96. The van der Waals surface area contributed by atoms with Crippen LogP contribution in [0.2, 0.25) is 0 Å². The molecule has 0 radical (unpaired) electrons. The van der Waals surface area contributed by atoms with Gasteiger partial charge >= 0.3 is 0 Å². The largest absolute Gasteiger partial charge is 0.384 e. The summed E-state index contributed by atoms with van der Waals surface area (Å²) < 4.78 is 0. The highest BCUT2D eigenvalue weighted by Crippen LogP contribution is 2.25. The molecule has 2 aliphatic rings. The maximum absolute atomic E-state index is 3.26. The molecular formula is C9H11N. The van der Waals surface area contributed by atoms with Gasteiger partial charge < -0.3 is 5.32 Å². The molecule has 0 saturated carbocycles. The quantitative estimate of drug-likeness (QED) is 0.531. The summed E-state index contributed by atoms with van der Waals surface area (Å²) in [5.74, 6) is 0. The fourth-order valence-electron chi connectivity index (χ4n) is 1.41. The van der Waals surface area contributed by atoms with E-state index in [-0.39, 0.29) is 0 Å². The van der Waals surface area contributed by atoms with Gasteiger partial charge in [-0.15, -0.1) is 0 Å². The predicted octanol–water partition coefficient (Wildman–Crippen LogP) is 1.75. The summed E-state index contributed by atoms with van der Waals surface area (Å²) in [5, 5.41) is 3.26. The van der Waals surface area contributed by atoms with Crippen molar-refractivity contribution in [2.45, 2.75) is 19.4 Å².